The number of likely N-dealkylation sites (N-methyl/N-ethyl adjacent to an activating group) is 1. The second kappa shape index (κ2) is 6.36. The lowest BCUT2D eigenvalue weighted by atomic mass is 10.0. The van der Waals surface area contributed by atoms with Crippen LogP contribution in [0.2, 0.25) is 0 Å². The van der Waals surface area contributed by atoms with Crippen molar-refractivity contribution in [1.29, 1.82) is 0 Å². The van der Waals surface area contributed by atoms with Gasteiger partial charge >= 0.3 is 5.97 Å². The number of carboxylic acid groups (broad SMARTS) is 1. The Labute approximate surface area is 114 Å². The molecule has 0 radical (unpaired) electrons. The maximum absolute atomic E-state index is 12.1. The summed E-state index contributed by atoms with van der Waals surface area (Å²) in [5.74, 6) is -1.13. The molecule has 0 aliphatic heterocycles. The molecular weight excluding hydrogens is 242 g/mol. The van der Waals surface area contributed by atoms with Crippen molar-refractivity contribution in [2.24, 2.45) is 0 Å². The van der Waals surface area contributed by atoms with E-state index in [2.05, 4.69) is 0 Å². The predicted octanol–water partition coefficient (Wildman–Crippen LogP) is 2.17. The molecule has 0 bridgehead atoms. The molecule has 0 aliphatic rings. The predicted molar refractivity (Wildman–Crippen MR) is 74.1 cm³/mol. The molecule has 0 saturated carbocycles. The molecule has 1 atom stereocenters. The van der Waals surface area contributed by atoms with Crippen LogP contribution in [0.4, 0.5) is 0 Å². The number of carbonyl (C=O) groups excluding carboxylic acids is 1. The van der Waals surface area contributed by atoms with E-state index >= 15 is 0 Å². The molecule has 1 aromatic rings. The molecule has 1 unspecified atom stereocenters. The zero-order valence-electron chi connectivity index (χ0n) is 11.9. The van der Waals surface area contributed by atoms with Gasteiger partial charge in [-0.25, -0.2) is 4.79 Å². The van der Waals surface area contributed by atoms with Crippen LogP contribution in [0.3, 0.4) is 0 Å². The maximum Gasteiger partial charge on any atom is 0.326 e. The number of hydrogen-bond acceptors (Lipinski definition) is 2. The molecule has 1 N–H and O–H groups in total. The Kier molecular flexibility index (Phi) is 5.10. The number of nitrogens with zero attached hydrogens (tertiary/aromatic N) is 1. The largest absolute Gasteiger partial charge is 0.480 e. The summed E-state index contributed by atoms with van der Waals surface area (Å²) < 4.78 is 0. The Hall–Kier alpha value is -1.84. The van der Waals surface area contributed by atoms with Crippen molar-refractivity contribution < 1.29 is 14.7 Å². The molecular formula is C15H21NO3. The summed E-state index contributed by atoms with van der Waals surface area (Å²) >= 11 is 0. The van der Waals surface area contributed by atoms with Gasteiger partial charge < -0.3 is 10.0 Å². The zero-order valence-corrected chi connectivity index (χ0v) is 11.9. The summed E-state index contributed by atoms with van der Waals surface area (Å²) in [6, 6.07) is 5.12. The minimum atomic E-state index is -0.960. The molecule has 0 heterocycles. The standard InChI is InChI=1S/C15H21NO3/c1-5-13(15(18)19)16(4)14(17)9-12-7-6-10(2)11(3)8-12/h6-8,13H,5,9H2,1-4H3,(H,18,19). The summed E-state index contributed by atoms with van der Waals surface area (Å²) in [7, 11) is 1.55. The van der Waals surface area contributed by atoms with Crippen LogP contribution >= 0.6 is 0 Å². The SMILES string of the molecule is CCC(C(=O)O)N(C)C(=O)Cc1ccc(C)c(C)c1. The van der Waals surface area contributed by atoms with Crippen molar-refractivity contribution in [1.82, 2.24) is 4.90 Å². The average Bonchev–Trinajstić information content (AvgIpc) is 2.34. The van der Waals surface area contributed by atoms with Gasteiger partial charge in [0.15, 0.2) is 0 Å². The molecule has 0 spiro atoms. The van der Waals surface area contributed by atoms with E-state index in [4.69, 9.17) is 5.11 Å². The maximum atomic E-state index is 12.1. The molecule has 19 heavy (non-hydrogen) atoms. The minimum absolute atomic E-state index is 0.169. The van der Waals surface area contributed by atoms with Gasteiger partial charge in [-0.1, -0.05) is 25.1 Å². The third-order valence-electron chi connectivity index (χ3n) is 3.46. The molecule has 1 amide bonds. The smallest absolute Gasteiger partial charge is 0.326 e. The Morgan fingerprint density at radius 3 is 2.37 bits per heavy atom. The number of aliphatic carboxylic acids is 1. The van der Waals surface area contributed by atoms with Gasteiger partial charge in [0.1, 0.15) is 6.04 Å². The number of carboxylic acids is 1. The van der Waals surface area contributed by atoms with Gasteiger partial charge in [0.2, 0.25) is 5.91 Å². The summed E-state index contributed by atoms with van der Waals surface area (Å²) in [6.45, 7) is 5.78. The van der Waals surface area contributed by atoms with E-state index in [9.17, 15) is 9.59 Å². The number of rotatable bonds is 5. The molecule has 4 heteroatoms. The van der Waals surface area contributed by atoms with Crippen molar-refractivity contribution in [3.63, 3.8) is 0 Å². The molecule has 4 nitrogen and oxygen atoms in total. The third kappa shape index (κ3) is 3.81. The normalized spacial score (nSPS) is 12.0. The fraction of sp³-hybridized carbons (Fsp3) is 0.467. The monoisotopic (exact) mass is 263 g/mol. The second-order valence-corrected chi connectivity index (χ2v) is 4.86. The molecule has 1 aromatic carbocycles. The highest BCUT2D eigenvalue weighted by Crippen LogP contribution is 2.12. The molecule has 104 valence electrons. The van der Waals surface area contributed by atoms with Gasteiger partial charge in [-0.15, -0.1) is 0 Å². The molecule has 0 saturated heterocycles. The molecule has 0 aliphatic carbocycles. The van der Waals surface area contributed by atoms with Crippen LogP contribution < -0.4 is 0 Å². The first-order chi connectivity index (χ1) is 8.86. The van der Waals surface area contributed by atoms with Crippen LogP contribution in [0.25, 0.3) is 0 Å². The quantitative estimate of drug-likeness (QED) is 0.885. The van der Waals surface area contributed by atoms with Crippen molar-refractivity contribution in [2.75, 3.05) is 7.05 Å². The van der Waals surface area contributed by atoms with Gasteiger partial charge in [0.25, 0.3) is 0 Å². The number of aryl methyl sites for hydroxylation is 2. The van der Waals surface area contributed by atoms with Crippen LogP contribution in [0, 0.1) is 13.8 Å². The molecule has 1 rings (SSSR count). The van der Waals surface area contributed by atoms with Gasteiger partial charge in [-0.2, -0.15) is 0 Å². The Bertz CT molecular complexity index is 482. The highest BCUT2D eigenvalue weighted by molar-refractivity contribution is 5.84. The minimum Gasteiger partial charge on any atom is -0.480 e. The first-order valence-corrected chi connectivity index (χ1v) is 6.41. The van der Waals surface area contributed by atoms with Gasteiger partial charge in [0.05, 0.1) is 6.42 Å². The van der Waals surface area contributed by atoms with Crippen molar-refractivity contribution in [3.8, 4) is 0 Å². The Balaban J connectivity index is 2.78. The number of amides is 1. The van der Waals surface area contributed by atoms with E-state index in [1.165, 1.54) is 10.5 Å². The summed E-state index contributed by atoms with van der Waals surface area (Å²) in [6.07, 6.45) is 0.645. The van der Waals surface area contributed by atoms with Crippen LogP contribution in [0.1, 0.15) is 30.0 Å². The summed E-state index contributed by atoms with van der Waals surface area (Å²) in [5.41, 5.74) is 3.24. The van der Waals surface area contributed by atoms with Crippen molar-refractivity contribution >= 4 is 11.9 Å². The van der Waals surface area contributed by atoms with E-state index in [1.807, 2.05) is 32.0 Å². The van der Waals surface area contributed by atoms with E-state index in [1.54, 1.807) is 14.0 Å². The van der Waals surface area contributed by atoms with Crippen LogP contribution in [-0.2, 0) is 16.0 Å². The van der Waals surface area contributed by atoms with E-state index in [-0.39, 0.29) is 12.3 Å². The number of benzene rings is 1. The molecule has 0 fully saturated rings. The highest BCUT2D eigenvalue weighted by atomic mass is 16.4. The van der Waals surface area contributed by atoms with E-state index < -0.39 is 12.0 Å². The van der Waals surface area contributed by atoms with Crippen molar-refractivity contribution in [2.45, 2.75) is 39.7 Å². The fourth-order valence-corrected chi connectivity index (χ4v) is 2.00. The van der Waals surface area contributed by atoms with Crippen molar-refractivity contribution in [3.05, 3.63) is 34.9 Å². The topological polar surface area (TPSA) is 57.6 Å². The fourth-order valence-electron chi connectivity index (χ4n) is 2.00. The van der Waals surface area contributed by atoms with Crippen LogP contribution in [0.5, 0.6) is 0 Å². The highest BCUT2D eigenvalue weighted by Gasteiger charge is 2.24. The van der Waals surface area contributed by atoms with Crippen LogP contribution in [0.15, 0.2) is 18.2 Å². The number of hydrogen-bond donors (Lipinski definition) is 1. The van der Waals surface area contributed by atoms with Gasteiger partial charge in [0, 0.05) is 7.05 Å². The Morgan fingerprint density at radius 1 is 1.26 bits per heavy atom. The zero-order chi connectivity index (χ0) is 14.6. The van der Waals surface area contributed by atoms with Gasteiger partial charge in [-0.3, -0.25) is 4.79 Å². The van der Waals surface area contributed by atoms with E-state index in [0.717, 1.165) is 11.1 Å². The lowest BCUT2D eigenvalue weighted by molar-refractivity contribution is -0.148. The average molecular weight is 263 g/mol. The van der Waals surface area contributed by atoms with E-state index in [0.29, 0.717) is 6.42 Å². The Morgan fingerprint density at radius 2 is 1.89 bits per heavy atom. The first-order valence-electron chi connectivity index (χ1n) is 6.41. The van der Waals surface area contributed by atoms with Crippen LogP contribution in [-0.4, -0.2) is 35.0 Å². The lowest BCUT2D eigenvalue weighted by Gasteiger charge is -2.23. The van der Waals surface area contributed by atoms with Gasteiger partial charge in [-0.05, 0) is 37.0 Å². The third-order valence-corrected chi connectivity index (χ3v) is 3.46. The lowest BCUT2D eigenvalue weighted by Crippen LogP contribution is -2.42. The molecule has 0 aromatic heterocycles. The first kappa shape index (κ1) is 15.2. The number of carbonyl (C=O) groups is 2. The summed E-state index contributed by atoms with van der Waals surface area (Å²) in [4.78, 5) is 24.4. The summed E-state index contributed by atoms with van der Waals surface area (Å²) in [5, 5.41) is 9.05. The second-order valence-electron chi connectivity index (χ2n) is 4.86.